The summed E-state index contributed by atoms with van der Waals surface area (Å²) in [6.45, 7) is 6.62. The fourth-order valence-electron chi connectivity index (χ4n) is 2.64. The van der Waals surface area contributed by atoms with Crippen LogP contribution in [0.3, 0.4) is 0 Å². The van der Waals surface area contributed by atoms with E-state index in [1.807, 2.05) is 0 Å². The summed E-state index contributed by atoms with van der Waals surface area (Å²) in [5.41, 5.74) is 0.167. The van der Waals surface area contributed by atoms with Crippen molar-refractivity contribution in [3.05, 3.63) is 39.9 Å². The van der Waals surface area contributed by atoms with Gasteiger partial charge in [-0.15, -0.1) is 12.4 Å². The highest BCUT2D eigenvalue weighted by molar-refractivity contribution is 5.85. The molecule has 0 heterocycles. The van der Waals surface area contributed by atoms with E-state index in [4.69, 9.17) is 0 Å². The zero-order valence-electron chi connectivity index (χ0n) is 13.6. The zero-order chi connectivity index (χ0) is 16.5. The van der Waals surface area contributed by atoms with Crippen LogP contribution in [-0.4, -0.2) is 40.5 Å². The number of rotatable bonds is 10. The molecule has 0 amide bonds. The first kappa shape index (κ1) is 21.3. The molecular weight excluding hydrogens is 320 g/mol. The van der Waals surface area contributed by atoms with E-state index in [1.165, 1.54) is 6.07 Å². The van der Waals surface area contributed by atoms with Gasteiger partial charge in [-0.1, -0.05) is 32.0 Å². The SMILES string of the molecule is CCCN(CCC)CCC(C(=O)O)c1ccccc1[N+](=O)[O-].Cl. The zero-order valence-corrected chi connectivity index (χ0v) is 14.4. The van der Waals surface area contributed by atoms with Crippen LogP contribution in [0, 0.1) is 10.1 Å². The first-order valence-electron chi connectivity index (χ1n) is 7.69. The van der Waals surface area contributed by atoms with E-state index in [1.54, 1.807) is 18.2 Å². The normalized spacial score (nSPS) is 11.8. The number of nitro benzene ring substituents is 1. The molecule has 0 aliphatic carbocycles. The molecule has 0 aliphatic heterocycles. The molecule has 0 saturated heterocycles. The van der Waals surface area contributed by atoms with E-state index in [2.05, 4.69) is 18.7 Å². The van der Waals surface area contributed by atoms with Gasteiger partial charge in [0.05, 0.1) is 10.8 Å². The van der Waals surface area contributed by atoms with Gasteiger partial charge in [0.2, 0.25) is 0 Å². The second kappa shape index (κ2) is 11.0. The predicted octanol–water partition coefficient (Wildman–Crippen LogP) is 3.70. The maximum Gasteiger partial charge on any atom is 0.311 e. The summed E-state index contributed by atoms with van der Waals surface area (Å²) in [5.74, 6) is -1.86. The maximum atomic E-state index is 11.6. The Morgan fingerprint density at radius 3 is 2.26 bits per heavy atom. The monoisotopic (exact) mass is 344 g/mol. The third kappa shape index (κ3) is 6.54. The smallest absolute Gasteiger partial charge is 0.311 e. The molecule has 0 bridgehead atoms. The van der Waals surface area contributed by atoms with Crippen LogP contribution < -0.4 is 0 Å². The molecule has 1 rings (SSSR count). The molecule has 23 heavy (non-hydrogen) atoms. The quantitative estimate of drug-likeness (QED) is 0.517. The van der Waals surface area contributed by atoms with Gasteiger partial charge in [-0.05, 0) is 38.9 Å². The summed E-state index contributed by atoms with van der Waals surface area (Å²) >= 11 is 0. The number of carboxylic acid groups (broad SMARTS) is 1. The Kier molecular flexibility index (Phi) is 10.2. The highest BCUT2D eigenvalue weighted by Gasteiger charge is 2.27. The highest BCUT2D eigenvalue weighted by atomic mass is 35.5. The van der Waals surface area contributed by atoms with E-state index in [-0.39, 0.29) is 23.7 Å². The van der Waals surface area contributed by atoms with Crippen molar-refractivity contribution in [3.63, 3.8) is 0 Å². The fourth-order valence-corrected chi connectivity index (χ4v) is 2.64. The van der Waals surface area contributed by atoms with E-state index >= 15 is 0 Å². The minimum Gasteiger partial charge on any atom is -0.481 e. The summed E-state index contributed by atoms with van der Waals surface area (Å²) in [7, 11) is 0. The Hall–Kier alpha value is -1.66. The van der Waals surface area contributed by atoms with Crippen molar-refractivity contribution in [1.82, 2.24) is 4.90 Å². The van der Waals surface area contributed by atoms with Gasteiger partial charge in [0, 0.05) is 11.6 Å². The molecule has 0 saturated carbocycles. The lowest BCUT2D eigenvalue weighted by Crippen LogP contribution is -2.29. The molecular formula is C16H25ClN2O4. The number of hydrogen-bond donors (Lipinski definition) is 1. The van der Waals surface area contributed by atoms with Gasteiger partial charge in [0.25, 0.3) is 5.69 Å². The second-order valence-corrected chi connectivity index (χ2v) is 5.34. The third-order valence-electron chi connectivity index (χ3n) is 3.62. The summed E-state index contributed by atoms with van der Waals surface area (Å²) < 4.78 is 0. The molecule has 1 atom stereocenters. The van der Waals surface area contributed by atoms with Gasteiger partial charge in [-0.25, -0.2) is 0 Å². The molecule has 0 aromatic heterocycles. The molecule has 0 fully saturated rings. The molecule has 7 heteroatoms. The lowest BCUT2D eigenvalue weighted by Gasteiger charge is -2.23. The molecule has 130 valence electrons. The number of hydrogen-bond acceptors (Lipinski definition) is 4. The lowest BCUT2D eigenvalue weighted by atomic mass is 9.94. The molecule has 0 spiro atoms. The highest BCUT2D eigenvalue weighted by Crippen LogP contribution is 2.29. The standard InChI is InChI=1S/C16H24N2O4.ClH/c1-3-10-17(11-4-2)12-9-14(16(19)20)13-7-5-6-8-15(13)18(21)22;/h5-8,14H,3-4,9-12H2,1-2H3,(H,19,20);1H. The minimum atomic E-state index is -1.01. The largest absolute Gasteiger partial charge is 0.481 e. The van der Waals surface area contributed by atoms with Crippen molar-refractivity contribution >= 4 is 24.1 Å². The average molecular weight is 345 g/mol. The number of halogens is 1. The van der Waals surface area contributed by atoms with Crippen LogP contribution in [0.2, 0.25) is 0 Å². The van der Waals surface area contributed by atoms with Crippen LogP contribution in [0.5, 0.6) is 0 Å². The molecule has 0 radical (unpaired) electrons. The molecule has 6 nitrogen and oxygen atoms in total. The summed E-state index contributed by atoms with van der Waals surface area (Å²) in [5, 5.41) is 20.6. The van der Waals surface area contributed by atoms with Crippen molar-refractivity contribution in [1.29, 1.82) is 0 Å². The van der Waals surface area contributed by atoms with Crippen LogP contribution in [0.15, 0.2) is 24.3 Å². The van der Waals surface area contributed by atoms with Gasteiger partial charge in [0.15, 0.2) is 0 Å². The number of carbonyl (C=O) groups is 1. The topological polar surface area (TPSA) is 83.7 Å². The van der Waals surface area contributed by atoms with E-state index in [0.29, 0.717) is 13.0 Å². The average Bonchev–Trinajstić information content (AvgIpc) is 2.47. The van der Waals surface area contributed by atoms with E-state index < -0.39 is 16.8 Å². The van der Waals surface area contributed by atoms with Crippen molar-refractivity contribution in [2.45, 2.75) is 39.0 Å². The number of nitro groups is 1. The van der Waals surface area contributed by atoms with Crippen molar-refractivity contribution in [2.75, 3.05) is 19.6 Å². The van der Waals surface area contributed by atoms with Crippen molar-refractivity contribution in [3.8, 4) is 0 Å². The first-order valence-corrected chi connectivity index (χ1v) is 7.69. The van der Waals surface area contributed by atoms with Crippen LogP contribution in [0.4, 0.5) is 5.69 Å². The van der Waals surface area contributed by atoms with E-state index in [9.17, 15) is 20.0 Å². The fraction of sp³-hybridized carbons (Fsp3) is 0.562. The molecule has 1 aromatic carbocycles. The van der Waals surface area contributed by atoms with Crippen LogP contribution >= 0.6 is 12.4 Å². The first-order chi connectivity index (χ1) is 10.5. The minimum absolute atomic E-state index is 0. The van der Waals surface area contributed by atoms with Gasteiger partial charge < -0.3 is 10.0 Å². The van der Waals surface area contributed by atoms with Gasteiger partial charge in [0.1, 0.15) is 0 Å². The number of nitrogens with zero attached hydrogens (tertiary/aromatic N) is 2. The van der Waals surface area contributed by atoms with Gasteiger partial charge >= 0.3 is 5.97 Å². The maximum absolute atomic E-state index is 11.6. The second-order valence-electron chi connectivity index (χ2n) is 5.34. The number of para-hydroxylation sites is 1. The number of aliphatic carboxylic acids is 1. The third-order valence-corrected chi connectivity index (χ3v) is 3.62. The van der Waals surface area contributed by atoms with E-state index in [0.717, 1.165) is 25.9 Å². The van der Waals surface area contributed by atoms with Gasteiger partial charge in [-0.2, -0.15) is 0 Å². The number of carboxylic acids is 1. The Morgan fingerprint density at radius 1 is 1.22 bits per heavy atom. The van der Waals surface area contributed by atoms with Gasteiger partial charge in [-0.3, -0.25) is 14.9 Å². The molecule has 1 N–H and O–H groups in total. The summed E-state index contributed by atoms with van der Waals surface area (Å²) in [6.07, 6.45) is 2.38. The van der Waals surface area contributed by atoms with Crippen LogP contribution in [0.1, 0.15) is 44.6 Å². The Labute approximate surface area is 143 Å². The van der Waals surface area contributed by atoms with Crippen LogP contribution in [-0.2, 0) is 4.79 Å². The molecule has 1 unspecified atom stereocenters. The van der Waals surface area contributed by atoms with Crippen molar-refractivity contribution in [2.24, 2.45) is 0 Å². The van der Waals surface area contributed by atoms with Crippen LogP contribution in [0.25, 0.3) is 0 Å². The summed E-state index contributed by atoms with van der Waals surface area (Å²) in [4.78, 5) is 24.4. The predicted molar refractivity (Wildman–Crippen MR) is 92.4 cm³/mol. The molecule has 0 aliphatic rings. The Morgan fingerprint density at radius 2 is 1.78 bits per heavy atom. The number of benzene rings is 1. The lowest BCUT2D eigenvalue weighted by molar-refractivity contribution is -0.385. The Balaban J connectivity index is 0.00000484. The molecule has 1 aromatic rings. The van der Waals surface area contributed by atoms with Crippen molar-refractivity contribution < 1.29 is 14.8 Å². The summed E-state index contributed by atoms with van der Waals surface area (Å²) in [6, 6.07) is 6.11. The Bertz CT molecular complexity index is 505.